The Kier molecular flexibility index (Phi) is 3.99. The first-order valence-corrected chi connectivity index (χ1v) is 7.48. The molecule has 5 nitrogen and oxygen atoms in total. The average Bonchev–Trinajstić information content (AvgIpc) is 3.09. The second-order valence-corrected chi connectivity index (χ2v) is 5.59. The topological polar surface area (TPSA) is 51.0 Å². The zero-order valence-electron chi connectivity index (χ0n) is 12.3. The highest BCUT2D eigenvalue weighted by molar-refractivity contribution is 5.94. The van der Waals surface area contributed by atoms with Crippen LogP contribution in [0.15, 0.2) is 36.9 Å². The van der Waals surface area contributed by atoms with Gasteiger partial charge in [-0.15, -0.1) is 0 Å². The summed E-state index contributed by atoms with van der Waals surface area (Å²) in [6.45, 7) is 0. The van der Waals surface area contributed by atoms with Crippen LogP contribution in [-0.2, 0) is 0 Å². The molecule has 1 aliphatic carbocycles. The van der Waals surface area contributed by atoms with Crippen molar-refractivity contribution in [3.05, 3.63) is 42.5 Å². The van der Waals surface area contributed by atoms with Gasteiger partial charge in [0.1, 0.15) is 12.7 Å². The van der Waals surface area contributed by atoms with E-state index in [0.29, 0.717) is 6.04 Å². The summed E-state index contributed by atoms with van der Waals surface area (Å²) in [5, 5.41) is 4.08. The molecular formula is C16H20N4O. The van der Waals surface area contributed by atoms with Gasteiger partial charge in [-0.1, -0.05) is 19.3 Å². The molecule has 110 valence electrons. The van der Waals surface area contributed by atoms with Gasteiger partial charge in [-0.25, -0.2) is 9.67 Å². The number of rotatable bonds is 3. The molecule has 5 heteroatoms. The van der Waals surface area contributed by atoms with Gasteiger partial charge in [0.2, 0.25) is 0 Å². The fourth-order valence-electron chi connectivity index (χ4n) is 2.94. The van der Waals surface area contributed by atoms with Gasteiger partial charge in [-0.05, 0) is 37.1 Å². The standard InChI is InChI=1S/C16H20N4O/c1-19(14-5-3-2-4-6-14)16(21)13-7-9-15(10-8-13)20-12-17-11-18-20/h7-12,14H,2-6H2,1H3. The van der Waals surface area contributed by atoms with Crippen LogP contribution in [0.5, 0.6) is 0 Å². The first-order chi connectivity index (χ1) is 10.3. The number of hydrogen-bond acceptors (Lipinski definition) is 3. The van der Waals surface area contributed by atoms with Crippen LogP contribution >= 0.6 is 0 Å². The van der Waals surface area contributed by atoms with E-state index in [0.717, 1.165) is 24.1 Å². The van der Waals surface area contributed by atoms with E-state index in [-0.39, 0.29) is 5.91 Å². The van der Waals surface area contributed by atoms with Gasteiger partial charge in [0.05, 0.1) is 5.69 Å². The highest BCUT2D eigenvalue weighted by Gasteiger charge is 2.22. The van der Waals surface area contributed by atoms with Crippen molar-refractivity contribution < 1.29 is 4.79 Å². The average molecular weight is 284 g/mol. The maximum atomic E-state index is 12.5. The minimum atomic E-state index is 0.104. The Morgan fingerprint density at radius 3 is 2.52 bits per heavy atom. The Morgan fingerprint density at radius 2 is 1.90 bits per heavy atom. The fraction of sp³-hybridized carbons (Fsp3) is 0.438. The van der Waals surface area contributed by atoms with Crippen molar-refractivity contribution in [3.8, 4) is 5.69 Å². The highest BCUT2D eigenvalue weighted by atomic mass is 16.2. The number of nitrogens with zero attached hydrogens (tertiary/aromatic N) is 4. The van der Waals surface area contributed by atoms with Gasteiger partial charge >= 0.3 is 0 Å². The molecule has 0 bridgehead atoms. The molecule has 0 saturated heterocycles. The molecular weight excluding hydrogens is 264 g/mol. The maximum Gasteiger partial charge on any atom is 0.253 e. The summed E-state index contributed by atoms with van der Waals surface area (Å²) < 4.78 is 1.68. The Hall–Kier alpha value is -2.17. The largest absolute Gasteiger partial charge is 0.339 e. The lowest BCUT2D eigenvalue weighted by atomic mass is 9.94. The molecule has 0 radical (unpaired) electrons. The monoisotopic (exact) mass is 284 g/mol. The third kappa shape index (κ3) is 2.96. The summed E-state index contributed by atoms with van der Waals surface area (Å²) in [6.07, 6.45) is 9.14. The van der Waals surface area contributed by atoms with E-state index in [1.54, 1.807) is 11.0 Å². The van der Waals surface area contributed by atoms with Crippen molar-refractivity contribution >= 4 is 5.91 Å². The first kappa shape index (κ1) is 13.8. The van der Waals surface area contributed by atoms with E-state index < -0.39 is 0 Å². The molecule has 0 aliphatic heterocycles. The lowest BCUT2D eigenvalue weighted by molar-refractivity contribution is 0.0696. The summed E-state index contributed by atoms with van der Waals surface area (Å²) >= 11 is 0. The molecule has 0 atom stereocenters. The van der Waals surface area contributed by atoms with Crippen molar-refractivity contribution in [2.75, 3.05) is 7.05 Å². The van der Waals surface area contributed by atoms with Gasteiger partial charge in [-0.3, -0.25) is 4.79 Å². The van der Waals surface area contributed by atoms with Crippen LogP contribution in [0.3, 0.4) is 0 Å². The minimum absolute atomic E-state index is 0.104. The number of benzene rings is 1. The molecule has 1 saturated carbocycles. The van der Waals surface area contributed by atoms with Crippen LogP contribution in [0, 0.1) is 0 Å². The van der Waals surface area contributed by atoms with Gasteiger partial charge in [0, 0.05) is 18.7 Å². The number of carbonyl (C=O) groups is 1. The number of amides is 1. The normalized spacial score (nSPS) is 15.9. The molecule has 0 spiro atoms. The number of carbonyl (C=O) groups excluding carboxylic acids is 1. The van der Waals surface area contributed by atoms with Crippen molar-refractivity contribution in [1.29, 1.82) is 0 Å². The van der Waals surface area contributed by atoms with E-state index in [1.807, 2.05) is 36.2 Å². The van der Waals surface area contributed by atoms with Crippen molar-refractivity contribution in [2.24, 2.45) is 0 Å². The molecule has 1 fully saturated rings. The van der Waals surface area contributed by atoms with Crippen molar-refractivity contribution in [3.63, 3.8) is 0 Å². The molecule has 2 aromatic rings. The predicted octanol–water partition coefficient (Wildman–Crippen LogP) is 2.67. The quantitative estimate of drug-likeness (QED) is 0.870. The summed E-state index contributed by atoms with van der Waals surface area (Å²) in [5.74, 6) is 0.104. The molecule has 0 unspecified atom stereocenters. The molecule has 1 aromatic carbocycles. The fourth-order valence-corrected chi connectivity index (χ4v) is 2.94. The lowest BCUT2D eigenvalue weighted by Gasteiger charge is -2.31. The van der Waals surface area contributed by atoms with Gasteiger partial charge < -0.3 is 4.90 Å². The summed E-state index contributed by atoms with van der Waals surface area (Å²) in [6, 6.07) is 7.91. The maximum absolute atomic E-state index is 12.5. The first-order valence-electron chi connectivity index (χ1n) is 7.48. The second kappa shape index (κ2) is 6.08. The molecule has 1 aromatic heterocycles. The third-order valence-corrected chi connectivity index (χ3v) is 4.24. The van der Waals surface area contributed by atoms with Crippen LogP contribution in [0.4, 0.5) is 0 Å². The molecule has 1 heterocycles. The molecule has 0 N–H and O–H groups in total. The molecule has 21 heavy (non-hydrogen) atoms. The second-order valence-electron chi connectivity index (χ2n) is 5.59. The van der Waals surface area contributed by atoms with Crippen LogP contribution in [0.1, 0.15) is 42.5 Å². The zero-order valence-corrected chi connectivity index (χ0v) is 12.3. The SMILES string of the molecule is CN(C(=O)c1ccc(-n2cncn2)cc1)C1CCCCC1. The van der Waals surface area contributed by atoms with Crippen LogP contribution < -0.4 is 0 Å². The van der Waals surface area contributed by atoms with Gasteiger partial charge in [0.25, 0.3) is 5.91 Å². The molecule has 1 aliphatic rings. The van der Waals surface area contributed by atoms with Crippen LogP contribution in [0.25, 0.3) is 5.69 Å². The Morgan fingerprint density at radius 1 is 1.19 bits per heavy atom. The Balaban J connectivity index is 1.72. The molecule has 3 rings (SSSR count). The smallest absolute Gasteiger partial charge is 0.253 e. The van der Waals surface area contributed by atoms with E-state index in [2.05, 4.69) is 10.1 Å². The van der Waals surface area contributed by atoms with E-state index in [4.69, 9.17) is 0 Å². The Labute approximate surface area is 124 Å². The number of aromatic nitrogens is 3. The lowest BCUT2D eigenvalue weighted by Crippen LogP contribution is -2.38. The van der Waals surface area contributed by atoms with E-state index >= 15 is 0 Å². The van der Waals surface area contributed by atoms with Gasteiger partial charge in [-0.2, -0.15) is 5.10 Å². The highest BCUT2D eigenvalue weighted by Crippen LogP contribution is 2.23. The summed E-state index contributed by atoms with van der Waals surface area (Å²) in [4.78, 5) is 18.4. The van der Waals surface area contributed by atoms with E-state index in [1.165, 1.54) is 25.6 Å². The zero-order chi connectivity index (χ0) is 14.7. The van der Waals surface area contributed by atoms with E-state index in [9.17, 15) is 4.79 Å². The van der Waals surface area contributed by atoms with Crippen LogP contribution in [0.2, 0.25) is 0 Å². The number of hydrogen-bond donors (Lipinski definition) is 0. The summed E-state index contributed by atoms with van der Waals surface area (Å²) in [5.41, 5.74) is 1.64. The Bertz CT molecular complexity index is 585. The molecule has 1 amide bonds. The van der Waals surface area contributed by atoms with Gasteiger partial charge in [0.15, 0.2) is 0 Å². The summed E-state index contributed by atoms with van der Waals surface area (Å²) in [7, 11) is 1.92. The van der Waals surface area contributed by atoms with Crippen molar-refractivity contribution in [2.45, 2.75) is 38.1 Å². The minimum Gasteiger partial charge on any atom is -0.339 e. The third-order valence-electron chi connectivity index (χ3n) is 4.24. The van der Waals surface area contributed by atoms with Crippen LogP contribution in [-0.4, -0.2) is 38.7 Å². The van der Waals surface area contributed by atoms with Crippen molar-refractivity contribution in [1.82, 2.24) is 19.7 Å². The predicted molar refractivity (Wildman–Crippen MR) is 80.3 cm³/mol.